The average molecular weight is 302 g/mol. The molecule has 1 heteroatoms. The van der Waals surface area contributed by atoms with Gasteiger partial charge < -0.3 is 0 Å². The Bertz CT molecular complexity index is 256. The number of halogens is 1. The standard InChI is InChI=1S/C13H19I/c14-13-11-7-3-1-5-9(11)10-6-2-4-8-12(10)13/h5,10-13H,1-4,6-8H2. The van der Waals surface area contributed by atoms with Gasteiger partial charge >= 0.3 is 0 Å². The molecule has 0 bridgehead atoms. The maximum atomic E-state index is 2.76. The Morgan fingerprint density at radius 1 is 1.00 bits per heavy atom. The summed E-state index contributed by atoms with van der Waals surface area (Å²) in [6.45, 7) is 0. The molecule has 2 saturated carbocycles. The summed E-state index contributed by atoms with van der Waals surface area (Å²) in [6, 6.07) is 0. The van der Waals surface area contributed by atoms with Crippen LogP contribution in [0.4, 0.5) is 0 Å². The smallest absolute Gasteiger partial charge is 0.0209 e. The fourth-order valence-electron chi connectivity index (χ4n) is 3.95. The highest BCUT2D eigenvalue weighted by Gasteiger charge is 2.46. The lowest BCUT2D eigenvalue weighted by molar-refractivity contribution is 0.310. The normalized spacial score (nSPS) is 46.8. The van der Waals surface area contributed by atoms with Crippen molar-refractivity contribution in [1.82, 2.24) is 0 Å². The minimum atomic E-state index is 0.976. The van der Waals surface area contributed by atoms with Crippen LogP contribution in [0.3, 0.4) is 0 Å². The molecule has 0 aromatic heterocycles. The van der Waals surface area contributed by atoms with Gasteiger partial charge in [-0.2, -0.15) is 0 Å². The SMILES string of the molecule is IC1C2CCCC=C2C2CCCCC21. The molecule has 0 heterocycles. The van der Waals surface area contributed by atoms with Gasteiger partial charge in [0.15, 0.2) is 0 Å². The Kier molecular flexibility index (Phi) is 2.63. The zero-order valence-electron chi connectivity index (χ0n) is 8.71. The van der Waals surface area contributed by atoms with E-state index in [9.17, 15) is 0 Å². The third-order valence-corrected chi connectivity index (χ3v) is 6.36. The van der Waals surface area contributed by atoms with Crippen LogP contribution in [0.1, 0.15) is 44.9 Å². The Morgan fingerprint density at radius 3 is 2.71 bits per heavy atom. The molecule has 3 aliphatic carbocycles. The number of rotatable bonds is 0. The van der Waals surface area contributed by atoms with Crippen LogP contribution < -0.4 is 0 Å². The monoisotopic (exact) mass is 302 g/mol. The fraction of sp³-hybridized carbons (Fsp3) is 0.846. The van der Waals surface area contributed by atoms with E-state index in [1.807, 2.05) is 5.57 Å². The van der Waals surface area contributed by atoms with E-state index in [0.717, 1.165) is 21.7 Å². The van der Waals surface area contributed by atoms with Crippen molar-refractivity contribution in [3.8, 4) is 0 Å². The second-order valence-electron chi connectivity index (χ2n) is 5.24. The first-order valence-corrected chi connectivity index (χ1v) is 7.46. The second kappa shape index (κ2) is 3.80. The molecule has 0 radical (unpaired) electrons. The third-order valence-electron chi connectivity index (χ3n) is 4.57. The van der Waals surface area contributed by atoms with E-state index in [1.54, 1.807) is 0 Å². The molecule has 0 nitrogen and oxygen atoms in total. The predicted molar refractivity (Wildman–Crippen MR) is 68.7 cm³/mol. The first-order valence-electron chi connectivity index (χ1n) is 6.22. The van der Waals surface area contributed by atoms with Crippen LogP contribution in [0.15, 0.2) is 11.6 Å². The van der Waals surface area contributed by atoms with Gasteiger partial charge in [0.05, 0.1) is 0 Å². The summed E-state index contributed by atoms with van der Waals surface area (Å²) in [5.41, 5.74) is 1.89. The Labute approximate surface area is 101 Å². The van der Waals surface area contributed by atoms with E-state index in [-0.39, 0.29) is 0 Å². The maximum absolute atomic E-state index is 2.76. The molecule has 0 spiro atoms. The van der Waals surface area contributed by atoms with Crippen molar-refractivity contribution in [2.75, 3.05) is 0 Å². The highest BCUT2D eigenvalue weighted by molar-refractivity contribution is 14.1. The Hall–Kier alpha value is 0.470. The zero-order chi connectivity index (χ0) is 9.54. The van der Waals surface area contributed by atoms with Gasteiger partial charge in [-0.25, -0.2) is 0 Å². The van der Waals surface area contributed by atoms with Gasteiger partial charge in [-0.1, -0.05) is 47.1 Å². The summed E-state index contributed by atoms with van der Waals surface area (Å²) < 4.78 is 0.976. The molecule has 0 saturated heterocycles. The lowest BCUT2D eigenvalue weighted by atomic mass is 9.79. The molecule has 2 fully saturated rings. The van der Waals surface area contributed by atoms with E-state index in [1.165, 1.54) is 44.9 Å². The van der Waals surface area contributed by atoms with Crippen LogP contribution >= 0.6 is 22.6 Å². The minimum Gasteiger partial charge on any atom is -0.0847 e. The highest BCUT2D eigenvalue weighted by atomic mass is 127. The first kappa shape index (κ1) is 9.68. The Morgan fingerprint density at radius 2 is 1.79 bits per heavy atom. The molecule has 3 aliphatic rings. The summed E-state index contributed by atoms with van der Waals surface area (Å²) in [5.74, 6) is 3.05. The maximum Gasteiger partial charge on any atom is 0.0209 e. The van der Waals surface area contributed by atoms with Crippen molar-refractivity contribution in [1.29, 1.82) is 0 Å². The molecule has 4 unspecified atom stereocenters. The van der Waals surface area contributed by atoms with E-state index < -0.39 is 0 Å². The molecule has 3 rings (SSSR count). The van der Waals surface area contributed by atoms with Crippen LogP contribution in [-0.2, 0) is 0 Å². The van der Waals surface area contributed by atoms with E-state index in [4.69, 9.17) is 0 Å². The van der Waals surface area contributed by atoms with Crippen molar-refractivity contribution in [3.63, 3.8) is 0 Å². The zero-order valence-corrected chi connectivity index (χ0v) is 10.9. The number of hydrogen-bond acceptors (Lipinski definition) is 0. The van der Waals surface area contributed by atoms with Crippen molar-refractivity contribution in [2.45, 2.75) is 48.9 Å². The number of alkyl halides is 1. The molecule has 0 aromatic carbocycles. The Balaban J connectivity index is 1.92. The molecule has 14 heavy (non-hydrogen) atoms. The summed E-state index contributed by atoms with van der Waals surface area (Å²) in [7, 11) is 0. The van der Waals surface area contributed by atoms with Crippen molar-refractivity contribution >= 4 is 22.6 Å². The van der Waals surface area contributed by atoms with Crippen LogP contribution in [0.5, 0.6) is 0 Å². The highest BCUT2D eigenvalue weighted by Crippen LogP contribution is 2.54. The summed E-state index contributed by atoms with van der Waals surface area (Å²) >= 11 is 2.76. The van der Waals surface area contributed by atoms with Gasteiger partial charge in [-0.05, 0) is 49.9 Å². The number of fused-ring (bicyclic) bond motifs is 3. The van der Waals surface area contributed by atoms with Crippen LogP contribution in [-0.4, -0.2) is 3.92 Å². The molecule has 0 N–H and O–H groups in total. The van der Waals surface area contributed by atoms with Gasteiger partial charge in [0.2, 0.25) is 0 Å². The van der Waals surface area contributed by atoms with Gasteiger partial charge in [-0.3, -0.25) is 0 Å². The molecule has 4 atom stereocenters. The van der Waals surface area contributed by atoms with Crippen molar-refractivity contribution in [3.05, 3.63) is 11.6 Å². The lowest BCUT2D eigenvalue weighted by Gasteiger charge is -2.27. The predicted octanol–water partition coefficient (Wildman–Crippen LogP) is 4.34. The number of allylic oxidation sites excluding steroid dienone is 2. The van der Waals surface area contributed by atoms with Crippen molar-refractivity contribution in [2.24, 2.45) is 17.8 Å². The summed E-state index contributed by atoms with van der Waals surface area (Å²) in [5, 5.41) is 0. The van der Waals surface area contributed by atoms with Crippen molar-refractivity contribution < 1.29 is 0 Å². The molecule has 78 valence electrons. The minimum absolute atomic E-state index is 0.976. The molecule has 0 aliphatic heterocycles. The lowest BCUT2D eigenvalue weighted by Crippen LogP contribution is -2.20. The van der Waals surface area contributed by atoms with E-state index in [2.05, 4.69) is 28.7 Å². The summed E-state index contributed by atoms with van der Waals surface area (Å²) in [4.78, 5) is 0. The van der Waals surface area contributed by atoms with Gasteiger partial charge in [0.1, 0.15) is 0 Å². The third kappa shape index (κ3) is 1.38. The number of hydrogen-bond donors (Lipinski definition) is 0. The van der Waals surface area contributed by atoms with Gasteiger partial charge in [-0.15, -0.1) is 0 Å². The van der Waals surface area contributed by atoms with Crippen LogP contribution in [0, 0.1) is 17.8 Å². The summed E-state index contributed by atoms with van der Waals surface area (Å²) in [6.07, 6.45) is 12.9. The quantitative estimate of drug-likeness (QED) is 0.355. The van der Waals surface area contributed by atoms with E-state index >= 15 is 0 Å². The second-order valence-corrected chi connectivity index (χ2v) is 6.68. The average Bonchev–Trinajstić information content (AvgIpc) is 2.55. The fourth-order valence-corrected chi connectivity index (χ4v) is 5.58. The molecule has 0 aromatic rings. The topological polar surface area (TPSA) is 0 Å². The van der Waals surface area contributed by atoms with E-state index in [0.29, 0.717) is 0 Å². The van der Waals surface area contributed by atoms with Crippen LogP contribution in [0.2, 0.25) is 0 Å². The van der Waals surface area contributed by atoms with Gasteiger partial charge in [0, 0.05) is 3.92 Å². The molecular formula is C13H19I. The largest absolute Gasteiger partial charge is 0.0847 e. The molecular weight excluding hydrogens is 283 g/mol. The molecule has 0 amide bonds. The van der Waals surface area contributed by atoms with Gasteiger partial charge in [0.25, 0.3) is 0 Å². The van der Waals surface area contributed by atoms with Crippen LogP contribution in [0.25, 0.3) is 0 Å². The first-order chi connectivity index (χ1) is 6.88.